The quantitative estimate of drug-likeness (QED) is 0.189. The van der Waals surface area contributed by atoms with Crippen molar-refractivity contribution in [2.24, 2.45) is 0 Å². The molecule has 0 fully saturated rings. The number of hydrogen-bond acceptors (Lipinski definition) is 4. The molecule has 0 saturated carbocycles. The van der Waals surface area contributed by atoms with Gasteiger partial charge >= 0.3 is 11.9 Å². The van der Waals surface area contributed by atoms with Crippen LogP contribution in [0.4, 0.5) is 0 Å². The predicted molar refractivity (Wildman–Crippen MR) is 122 cm³/mol. The maximum atomic E-state index is 11.8. The largest absolute Gasteiger partial charge is 0.466 e. The second kappa shape index (κ2) is 18.0. The minimum Gasteiger partial charge on any atom is -0.466 e. The van der Waals surface area contributed by atoms with Crippen LogP contribution in [0.1, 0.15) is 108 Å². The lowest BCUT2D eigenvalue weighted by molar-refractivity contribution is -0.146. The highest BCUT2D eigenvalue weighted by Gasteiger charge is 2.07. The molecule has 0 heterocycles. The number of ether oxygens (including phenoxy) is 2. The molecule has 170 valence electrons. The molecule has 0 spiro atoms. The van der Waals surface area contributed by atoms with Crippen molar-refractivity contribution in [1.82, 2.24) is 0 Å². The van der Waals surface area contributed by atoms with Crippen LogP contribution in [-0.2, 0) is 25.7 Å². The molecular weight excluding hydrogens is 376 g/mol. The van der Waals surface area contributed by atoms with Crippen LogP contribution in [0.3, 0.4) is 0 Å². The molecule has 0 radical (unpaired) electrons. The summed E-state index contributed by atoms with van der Waals surface area (Å²) >= 11 is 0. The fourth-order valence-electron chi connectivity index (χ4n) is 3.32. The van der Waals surface area contributed by atoms with Crippen molar-refractivity contribution < 1.29 is 19.1 Å². The average Bonchev–Trinajstić information content (AvgIpc) is 2.74. The molecule has 1 aromatic carbocycles. The first-order valence-corrected chi connectivity index (χ1v) is 12.0. The van der Waals surface area contributed by atoms with Gasteiger partial charge in [-0.2, -0.15) is 0 Å². The number of unbranched alkanes of at least 4 members (excludes halogenated alkanes) is 10. The number of hydrogen-bond donors (Lipinski definition) is 0. The first-order valence-electron chi connectivity index (χ1n) is 12.0. The molecule has 0 aliphatic carbocycles. The molecule has 0 aromatic heterocycles. The van der Waals surface area contributed by atoms with Crippen LogP contribution in [0.5, 0.6) is 0 Å². The topological polar surface area (TPSA) is 52.6 Å². The summed E-state index contributed by atoms with van der Waals surface area (Å²) in [7, 11) is 0. The highest BCUT2D eigenvalue weighted by molar-refractivity contribution is 5.72. The van der Waals surface area contributed by atoms with Gasteiger partial charge in [-0.25, -0.2) is 0 Å². The van der Waals surface area contributed by atoms with Crippen LogP contribution in [-0.4, -0.2) is 18.5 Å². The maximum Gasteiger partial charge on any atom is 0.306 e. The molecule has 0 N–H and O–H groups in total. The Balaban J connectivity index is 1.87. The van der Waals surface area contributed by atoms with Crippen LogP contribution in [0.15, 0.2) is 24.3 Å². The first kappa shape index (κ1) is 26.2. The Labute approximate surface area is 183 Å². The molecule has 0 bridgehead atoms. The number of benzene rings is 1. The molecule has 0 atom stereocenters. The van der Waals surface area contributed by atoms with Gasteiger partial charge in [-0.3, -0.25) is 9.59 Å². The van der Waals surface area contributed by atoms with E-state index < -0.39 is 0 Å². The number of carbonyl (C=O) groups excluding carboxylic acids is 2. The maximum absolute atomic E-state index is 11.8. The summed E-state index contributed by atoms with van der Waals surface area (Å²) in [5.41, 5.74) is 2.15. The first-order chi connectivity index (χ1) is 14.6. The fourth-order valence-corrected chi connectivity index (χ4v) is 3.32. The van der Waals surface area contributed by atoms with E-state index in [1.54, 1.807) is 0 Å². The predicted octanol–water partition coefficient (Wildman–Crippen LogP) is 7.06. The third-order valence-corrected chi connectivity index (χ3v) is 5.29. The second-order valence-corrected chi connectivity index (χ2v) is 8.26. The highest BCUT2D eigenvalue weighted by Crippen LogP contribution is 2.11. The summed E-state index contributed by atoms with van der Waals surface area (Å²) in [6.07, 6.45) is 15.1. The number of esters is 2. The Hall–Kier alpha value is -1.84. The van der Waals surface area contributed by atoms with Gasteiger partial charge in [-0.1, -0.05) is 101 Å². The lowest BCUT2D eigenvalue weighted by Gasteiger charge is -2.06. The van der Waals surface area contributed by atoms with Gasteiger partial charge in [-0.15, -0.1) is 0 Å². The lowest BCUT2D eigenvalue weighted by Crippen LogP contribution is -2.09. The Morgan fingerprint density at radius 3 is 1.73 bits per heavy atom. The molecule has 0 unspecified atom stereocenters. The van der Waals surface area contributed by atoms with E-state index in [0.717, 1.165) is 18.4 Å². The molecule has 1 rings (SSSR count). The van der Waals surface area contributed by atoms with E-state index in [1.165, 1.54) is 63.4 Å². The molecule has 0 saturated heterocycles. The van der Waals surface area contributed by atoms with Gasteiger partial charge < -0.3 is 9.47 Å². The van der Waals surface area contributed by atoms with Gasteiger partial charge in [-0.05, 0) is 25.3 Å². The van der Waals surface area contributed by atoms with Crippen LogP contribution in [0.25, 0.3) is 0 Å². The van der Waals surface area contributed by atoms with Gasteiger partial charge in [0.05, 0.1) is 6.61 Å². The van der Waals surface area contributed by atoms with Crippen LogP contribution in [0, 0.1) is 6.92 Å². The van der Waals surface area contributed by atoms with Crippen molar-refractivity contribution >= 4 is 11.9 Å². The molecule has 30 heavy (non-hydrogen) atoms. The van der Waals surface area contributed by atoms with Crippen molar-refractivity contribution in [3.05, 3.63) is 35.4 Å². The van der Waals surface area contributed by atoms with Gasteiger partial charge in [0.2, 0.25) is 0 Å². The van der Waals surface area contributed by atoms with Crippen molar-refractivity contribution in [2.45, 2.75) is 110 Å². The monoisotopic (exact) mass is 418 g/mol. The van der Waals surface area contributed by atoms with Gasteiger partial charge in [0.1, 0.15) is 6.61 Å². The molecular formula is C26H42O4. The minimum absolute atomic E-state index is 0.214. The van der Waals surface area contributed by atoms with Crippen LogP contribution in [0.2, 0.25) is 0 Å². The van der Waals surface area contributed by atoms with E-state index in [0.29, 0.717) is 13.0 Å². The Bertz CT molecular complexity index is 565. The summed E-state index contributed by atoms with van der Waals surface area (Å²) < 4.78 is 10.5. The van der Waals surface area contributed by atoms with Crippen molar-refractivity contribution in [1.29, 1.82) is 0 Å². The summed E-state index contributed by atoms with van der Waals surface area (Å²) in [6.45, 7) is 5.05. The van der Waals surface area contributed by atoms with E-state index in [1.807, 2.05) is 31.2 Å². The lowest BCUT2D eigenvalue weighted by atomic mass is 10.1. The number of rotatable bonds is 18. The molecule has 4 nitrogen and oxygen atoms in total. The Morgan fingerprint density at radius 2 is 1.17 bits per heavy atom. The zero-order valence-corrected chi connectivity index (χ0v) is 19.3. The second-order valence-electron chi connectivity index (χ2n) is 8.26. The zero-order chi connectivity index (χ0) is 21.9. The van der Waals surface area contributed by atoms with Crippen molar-refractivity contribution in [2.75, 3.05) is 6.61 Å². The molecule has 4 heteroatoms. The minimum atomic E-state index is -0.270. The van der Waals surface area contributed by atoms with E-state index in [2.05, 4.69) is 6.92 Å². The molecule has 1 aromatic rings. The van der Waals surface area contributed by atoms with E-state index in [-0.39, 0.29) is 31.4 Å². The molecule has 0 amide bonds. The summed E-state index contributed by atoms with van der Waals surface area (Å²) in [5, 5.41) is 0. The van der Waals surface area contributed by atoms with Crippen molar-refractivity contribution in [3.8, 4) is 0 Å². The van der Waals surface area contributed by atoms with Gasteiger partial charge in [0.15, 0.2) is 0 Å². The third-order valence-electron chi connectivity index (χ3n) is 5.29. The molecule has 0 aliphatic rings. The highest BCUT2D eigenvalue weighted by atomic mass is 16.5. The Kier molecular flexibility index (Phi) is 15.7. The van der Waals surface area contributed by atoms with Gasteiger partial charge in [0, 0.05) is 12.8 Å². The van der Waals surface area contributed by atoms with Crippen LogP contribution >= 0.6 is 0 Å². The Morgan fingerprint density at radius 1 is 0.667 bits per heavy atom. The standard InChI is InChI=1S/C26H42O4/c1-3-4-5-6-7-8-9-10-11-12-13-21-29-25(27)15-14-16-26(28)30-22-24-19-17-23(2)18-20-24/h17-20H,3-16,21-22H2,1-2H3. The summed E-state index contributed by atoms with van der Waals surface area (Å²) in [4.78, 5) is 23.5. The smallest absolute Gasteiger partial charge is 0.306 e. The SMILES string of the molecule is CCCCCCCCCCCCCOC(=O)CCCC(=O)OCc1ccc(C)cc1. The number of carbonyl (C=O) groups is 2. The normalized spacial score (nSPS) is 10.7. The third kappa shape index (κ3) is 15.1. The average molecular weight is 419 g/mol. The van der Waals surface area contributed by atoms with E-state index in [4.69, 9.17) is 9.47 Å². The van der Waals surface area contributed by atoms with Crippen LogP contribution < -0.4 is 0 Å². The molecule has 0 aliphatic heterocycles. The van der Waals surface area contributed by atoms with Gasteiger partial charge in [0.25, 0.3) is 0 Å². The fraction of sp³-hybridized carbons (Fsp3) is 0.692. The van der Waals surface area contributed by atoms with E-state index in [9.17, 15) is 9.59 Å². The van der Waals surface area contributed by atoms with Crippen molar-refractivity contribution in [3.63, 3.8) is 0 Å². The number of aryl methyl sites for hydroxylation is 1. The summed E-state index contributed by atoms with van der Waals surface area (Å²) in [6, 6.07) is 7.90. The zero-order valence-electron chi connectivity index (χ0n) is 19.3. The summed E-state index contributed by atoms with van der Waals surface area (Å²) in [5.74, 6) is -0.484. The van der Waals surface area contributed by atoms with E-state index >= 15 is 0 Å².